The Hall–Kier alpha value is -1.75. The van der Waals surface area contributed by atoms with E-state index in [1.165, 1.54) is 4.57 Å². The minimum Gasteiger partial charge on any atom is -0.408 e. The second-order valence-corrected chi connectivity index (χ2v) is 4.88. The fraction of sp³-hybridized carbons (Fsp3) is 0.429. The fourth-order valence-electron chi connectivity index (χ4n) is 2.19. The number of aromatic nitrogens is 1. The predicted octanol–water partition coefficient (Wildman–Crippen LogP) is 2.51. The summed E-state index contributed by atoms with van der Waals surface area (Å²) in [6.45, 7) is 5.52. The maximum absolute atomic E-state index is 12.0. The number of aryl methyl sites for hydroxylation is 1. The highest BCUT2D eigenvalue weighted by atomic mass is 35.5. The second-order valence-electron chi connectivity index (χ2n) is 4.45. The van der Waals surface area contributed by atoms with Crippen molar-refractivity contribution in [2.45, 2.75) is 26.8 Å². The van der Waals surface area contributed by atoms with Crippen LogP contribution in [-0.4, -0.2) is 28.5 Å². The predicted molar refractivity (Wildman–Crippen MR) is 78.0 cm³/mol. The van der Waals surface area contributed by atoms with E-state index in [-0.39, 0.29) is 12.3 Å². The van der Waals surface area contributed by atoms with E-state index in [0.29, 0.717) is 35.8 Å². The number of carbonyl (C=O) groups excluding carboxylic acids is 1. The third kappa shape index (κ3) is 2.88. The highest BCUT2D eigenvalue weighted by Crippen LogP contribution is 2.18. The monoisotopic (exact) mass is 296 g/mol. The topological polar surface area (TPSA) is 55.5 Å². The first kappa shape index (κ1) is 14.7. The Morgan fingerprint density at radius 3 is 2.70 bits per heavy atom. The van der Waals surface area contributed by atoms with Gasteiger partial charge in [0.15, 0.2) is 5.58 Å². The molecule has 0 aliphatic carbocycles. The van der Waals surface area contributed by atoms with Crippen LogP contribution < -0.4 is 5.76 Å². The van der Waals surface area contributed by atoms with Crippen molar-refractivity contribution in [3.05, 3.63) is 33.8 Å². The van der Waals surface area contributed by atoms with Crippen molar-refractivity contribution in [2.75, 3.05) is 13.1 Å². The minimum atomic E-state index is -0.463. The van der Waals surface area contributed by atoms with Crippen LogP contribution in [0.4, 0.5) is 0 Å². The van der Waals surface area contributed by atoms with E-state index >= 15 is 0 Å². The molecule has 0 saturated carbocycles. The molecule has 0 fully saturated rings. The van der Waals surface area contributed by atoms with E-state index in [1.807, 2.05) is 13.8 Å². The molecule has 0 aliphatic heterocycles. The molecule has 5 nitrogen and oxygen atoms in total. The molecule has 0 saturated heterocycles. The van der Waals surface area contributed by atoms with Crippen LogP contribution in [0.2, 0.25) is 5.02 Å². The summed E-state index contributed by atoms with van der Waals surface area (Å²) in [7, 11) is 0. The highest BCUT2D eigenvalue weighted by Gasteiger charge is 2.13. The molecule has 0 N–H and O–H groups in total. The van der Waals surface area contributed by atoms with Gasteiger partial charge in [0.2, 0.25) is 5.91 Å². The van der Waals surface area contributed by atoms with Crippen molar-refractivity contribution in [1.82, 2.24) is 9.47 Å². The number of fused-ring (bicyclic) bond motifs is 1. The SMILES string of the molecule is CCN(CC)C(=O)CCn1c(=O)oc2cc(Cl)ccc21. The zero-order valence-electron chi connectivity index (χ0n) is 11.6. The van der Waals surface area contributed by atoms with Crippen molar-refractivity contribution in [3.8, 4) is 0 Å². The lowest BCUT2D eigenvalue weighted by atomic mass is 10.3. The average Bonchev–Trinajstić information content (AvgIpc) is 2.72. The number of halogens is 1. The van der Waals surface area contributed by atoms with E-state index in [2.05, 4.69) is 0 Å². The summed E-state index contributed by atoms with van der Waals surface area (Å²) < 4.78 is 6.59. The summed E-state index contributed by atoms with van der Waals surface area (Å²) in [4.78, 5) is 25.5. The minimum absolute atomic E-state index is 0.0326. The zero-order chi connectivity index (χ0) is 14.7. The van der Waals surface area contributed by atoms with Gasteiger partial charge in [0.05, 0.1) is 5.52 Å². The first-order chi connectivity index (χ1) is 9.56. The van der Waals surface area contributed by atoms with Crippen molar-refractivity contribution >= 4 is 28.6 Å². The number of hydrogen-bond donors (Lipinski definition) is 0. The van der Waals surface area contributed by atoms with Crippen molar-refractivity contribution < 1.29 is 9.21 Å². The Morgan fingerprint density at radius 1 is 1.35 bits per heavy atom. The standard InChI is InChI=1S/C14H17ClN2O3/c1-3-16(4-2)13(18)7-8-17-11-6-5-10(15)9-12(11)20-14(17)19/h5-6,9H,3-4,7-8H2,1-2H3. The molecule has 1 amide bonds. The van der Waals surface area contributed by atoms with Crippen LogP contribution >= 0.6 is 11.6 Å². The number of benzene rings is 1. The third-order valence-electron chi connectivity index (χ3n) is 3.30. The molecular formula is C14H17ClN2O3. The number of oxazole rings is 1. The van der Waals surface area contributed by atoms with Crippen molar-refractivity contribution in [1.29, 1.82) is 0 Å². The molecule has 1 heterocycles. The number of carbonyl (C=O) groups is 1. The summed E-state index contributed by atoms with van der Waals surface area (Å²) in [5, 5.41) is 0.512. The lowest BCUT2D eigenvalue weighted by Gasteiger charge is -2.18. The van der Waals surface area contributed by atoms with Gasteiger partial charge in [-0.2, -0.15) is 0 Å². The first-order valence-corrected chi connectivity index (χ1v) is 7.01. The lowest BCUT2D eigenvalue weighted by molar-refractivity contribution is -0.131. The summed E-state index contributed by atoms with van der Waals surface area (Å²) in [5.74, 6) is -0.431. The molecule has 1 aromatic heterocycles. The van der Waals surface area contributed by atoms with Crippen LogP contribution in [0.15, 0.2) is 27.4 Å². The number of nitrogens with zero attached hydrogens (tertiary/aromatic N) is 2. The number of rotatable bonds is 5. The molecule has 0 radical (unpaired) electrons. The Kier molecular flexibility index (Phi) is 4.49. The molecule has 0 atom stereocenters. The van der Waals surface area contributed by atoms with Crippen LogP contribution in [0.25, 0.3) is 11.1 Å². The summed E-state index contributed by atoms with van der Waals surface area (Å²) in [6, 6.07) is 5.02. The molecular weight excluding hydrogens is 280 g/mol. The molecule has 20 heavy (non-hydrogen) atoms. The molecule has 6 heteroatoms. The van der Waals surface area contributed by atoms with Gasteiger partial charge in [-0.25, -0.2) is 4.79 Å². The Morgan fingerprint density at radius 2 is 2.05 bits per heavy atom. The number of amides is 1. The second kappa shape index (κ2) is 6.13. The zero-order valence-corrected chi connectivity index (χ0v) is 12.3. The van der Waals surface area contributed by atoms with Gasteiger partial charge in [0.1, 0.15) is 0 Å². The summed E-state index contributed by atoms with van der Waals surface area (Å²) in [5.41, 5.74) is 1.10. The van der Waals surface area contributed by atoms with Crippen molar-refractivity contribution in [3.63, 3.8) is 0 Å². The van der Waals surface area contributed by atoms with E-state index in [0.717, 1.165) is 0 Å². The van der Waals surface area contributed by atoms with Crippen LogP contribution in [0.5, 0.6) is 0 Å². The third-order valence-corrected chi connectivity index (χ3v) is 3.53. The molecule has 2 rings (SSSR count). The van der Waals surface area contributed by atoms with Crippen LogP contribution in [0.3, 0.4) is 0 Å². The van der Waals surface area contributed by atoms with E-state index in [9.17, 15) is 9.59 Å². The Balaban J connectivity index is 2.20. The maximum atomic E-state index is 12.0. The molecule has 2 aromatic rings. The highest BCUT2D eigenvalue weighted by molar-refractivity contribution is 6.31. The van der Waals surface area contributed by atoms with E-state index in [4.69, 9.17) is 16.0 Å². The van der Waals surface area contributed by atoms with E-state index in [1.54, 1.807) is 23.1 Å². The smallest absolute Gasteiger partial charge is 0.408 e. The number of hydrogen-bond acceptors (Lipinski definition) is 3. The van der Waals surface area contributed by atoms with Gasteiger partial charge >= 0.3 is 5.76 Å². The Labute approximate surface area is 121 Å². The molecule has 0 spiro atoms. The molecule has 0 bridgehead atoms. The van der Waals surface area contributed by atoms with Gasteiger partial charge in [0, 0.05) is 37.1 Å². The van der Waals surface area contributed by atoms with Gasteiger partial charge < -0.3 is 9.32 Å². The fourth-order valence-corrected chi connectivity index (χ4v) is 2.36. The maximum Gasteiger partial charge on any atom is 0.419 e. The van der Waals surface area contributed by atoms with Gasteiger partial charge in [0.25, 0.3) is 0 Å². The molecule has 108 valence electrons. The normalized spacial score (nSPS) is 10.9. The van der Waals surface area contributed by atoms with Gasteiger partial charge in [-0.05, 0) is 26.0 Å². The Bertz CT molecular complexity index is 671. The van der Waals surface area contributed by atoms with Crippen LogP contribution in [0.1, 0.15) is 20.3 Å². The molecule has 0 aliphatic rings. The average molecular weight is 297 g/mol. The van der Waals surface area contributed by atoms with Crippen molar-refractivity contribution in [2.24, 2.45) is 0 Å². The molecule has 1 aromatic carbocycles. The lowest BCUT2D eigenvalue weighted by Crippen LogP contribution is -2.31. The summed E-state index contributed by atoms with van der Waals surface area (Å²) >= 11 is 5.85. The van der Waals surface area contributed by atoms with Crippen LogP contribution in [-0.2, 0) is 11.3 Å². The van der Waals surface area contributed by atoms with E-state index < -0.39 is 5.76 Å². The first-order valence-electron chi connectivity index (χ1n) is 6.63. The largest absolute Gasteiger partial charge is 0.419 e. The van der Waals surface area contributed by atoms with Crippen LogP contribution in [0, 0.1) is 0 Å². The van der Waals surface area contributed by atoms with Gasteiger partial charge in [-0.15, -0.1) is 0 Å². The molecule has 0 unspecified atom stereocenters. The quantitative estimate of drug-likeness (QED) is 0.852. The van der Waals surface area contributed by atoms with Gasteiger partial charge in [-0.3, -0.25) is 9.36 Å². The van der Waals surface area contributed by atoms with Gasteiger partial charge in [-0.1, -0.05) is 11.6 Å². The summed E-state index contributed by atoms with van der Waals surface area (Å²) in [6.07, 6.45) is 0.277.